The van der Waals surface area contributed by atoms with Gasteiger partial charge in [0, 0.05) is 12.3 Å². The molecule has 0 radical (unpaired) electrons. The van der Waals surface area contributed by atoms with E-state index in [2.05, 4.69) is 6.92 Å². The smallest absolute Gasteiger partial charge is 0.118 e. The fourth-order valence-corrected chi connectivity index (χ4v) is 7.86. The molecule has 106 valence electrons. The number of aliphatic hydroxyl groups is 1. The second kappa shape index (κ2) is 6.09. The van der Waals surface area contributed by atoms with Gasteiger partial charge in [-0.2, -0.15) is 0 Å². The van der Waals surface area contributed by atoms with Crippen LogP contribution in [0.5, 0.6) is 0 Å². The van der Waals surface area contributed by atoms with Crippen molar-refractivity contribution < 1.29 is 9.67 Å². The first kappa shape index (κ1) is 14.6. The summed E-state index contributed by atoms with van der Waals surface area (Å²) < 4.78 is 13.0. The highest BCUT2D eigenvalue weighted by atomic mass is 31.2. The minimum Gasteiger partial charge on any atom is -0.382 e. The topological polar surface area (TPSA) is 37.3 Å². The molecule has 3 heteroatoms. The van der Waals surface area contributed by atoms with Gasteiger partial charge in [0.2, 0.25) is 0 Å². The summed E-state index contributed by atoms with van der Waals surface area (Å²) in [4.78, 5) is 0. The van der Waals surface area contributed by atoms with Gasteiger partial charge in [0.1, 0.15) is 12.5 Å². The van der Waals surface area contributed by atoms with E-state index in [1.165, 1.54) is 32.1 Å². The van der Waals surface area contributed by atoms with Crippen molar-refractivity contribution in [3.8, 4) is 0 Å². The van der Waals surface area contributed by atoms with Gasteiger partial charge in [-0.3, -0.25) is 0 Å². The zero-order valence-electron chi connectivity index (χ0n) is 11.9. The lowest BCUT2D eigenvalue weighted by molar-refractivity contribution is 0.130. The number of hydrogen-bond donors (Lipinski definition) is 1. The van der Waals surface area contributed by atoms with Crippen molar-refractivity contribution >= 4 is 7.14 Å². The first-order valence-electron chi connectivity index (χ1n) is 7.90. The van der Waals surface area contributed by atoms with Crippen LogP contribution in [0.2, 0.25) is 0 Å². The van der Waals surface area contributed by atoms with E-state index in [-0.39, 0.29) is 0 Å². The van der Waals surface area contributed by atoms with Gasteiger partial charge in [-0.05, 0) is 44.4 Å². The molecule has 2 unspecified atom stereocenters. The Bertz CT molecular complexity index is 308. The zero-order chi connectivity index (χ0) is 13.1. The van der Waals surface area contributed by atoms with Crippen molar-refractivity contribution in [1.29, 1.82) is 0 Å². The van der Waals surface area contributed by atoms with Gasteiger partial charge < -0.3 is 9.67 Å². The van der Waals surface area contributed by atoms with Crippen molar-refractivity contribution in [2.45, 2.75) is 76.5 Å². The Morgan fingerprint density at radius 1 is 1.22 bits per heavy atom. The molecule has 2 rings (SSSR count). The predicted molar refractivity (Wildman–Crippen MR) is 77.6 cm³/mol. The first-order valence-corrected chi connectivity index (χ1v) is 9.98. The molecule has 0 aromatic carbocycles. The fourth-order valence-electron chi connectivity index (χ4n) is 3.81. The second-order valence-corrected chi connectivity index (χ2v) is 9.91. The quantitative estimate of drug-likeness (QED) is 0.566. The number of rotatable bonds is 6. The third-order valence-electron chi connectivity index (χ3n) is 5.08. The Balaban J connectivity index is 1.81. The maximum absolute atomic E-state index is 13.0. The Hall–Kier alpha value is 0.190. The van der Waals surface area contributed by atoms with Crippen LogP contribution in [0.15, 0.2) is 0 Å². The molecule has 1 aliphatic heterocycles. The van der Waals surface area contributed by atoms with E-state index in [0.29, 0.717) is 5.92 Å². The van der Waals surface area contributed by atoms with Crippen molar-refractivity contribution in [3.05, 3.63) is 0 Å². The van der Waals surface area contributed by atoms with Crippen LogP contribution in [0.4, 0.5) is 0 Å². The number of unbranched alkanes of at least 4 members (excludes halogenated alkanes) is 3. The van der Waals surface area contributed by atoms with Crippen LogP contribution in [-0.4, -0.2) is 22.8 Å². The van der Waals surface area contributed by atoms with Crippen LogP contribution in [0, 0.1) is 5.92 Å². The van der Waals surface area contributed by atoms with Gasteiger partial charge in [-0.25, -0.2) is 0 Å². The fraction of sp³-hybridized carbons (Fsp3) is 1.00. The van der Waals surface area contributed by atoms with Gasteiger partial charge in [0.05, 0.1) is 0 Å². The maximum atomic E-state index is 13.0. The molecule has 0 aromatic rings. The minimum atomic E-state index is -2.29. The van der Waals surface area contributed by atoms with Crippen LogP contribution in [0.1, 0.15) is 71.1 Å². The molecular formula is C15H29O2P. The Morgan fingerprint density at radius 3 is 2.61 bits per heavy atom. The van der Waals surface area contributed by atoms with Gasteiger partial charge in [-0.15, -0.1) is 0 Å². The molecule has 0 bridgehead atoms. The molecule has 0 amide bonds. The lowest BCUT2D eigenvalue weighted by Gasteiger charge is -2.30. The highest BCUT2D eigenvalue weighted by Crippen LogP contribution is 2.67. The second-order valence-electron chi connectivity index (χ2n) is 6.49. The summed E-state index contributed by atoms with van der Waals surface area (Å²) in [6, 6.07) is 0. The molecule has 0 spiro atoms. The molecule has 1 saturated heterocycles. The van der Waals surface area contributed by atoms with E-state index in [1.54, 1.807) is 0 Å². The lowest BCUT2D eigenvalue weighted by atomic mass is 10.0. The van der Waals surface area contributed by atoms with E-state index >= 15 is 0 Å². The molecule has 18 heavy (non-hydrogen) atoms. The molecule has 2 aliphatic rings. The Kier molecular flexibility index (Phi) is 4.94. The minimum absolute atomic E-state index is 0.636. The normalized spacial score (nSPS) is 35.1. The maximum Gasteiger partial charge on any atom is 0.118 e. The summed E-state index contributed by atoms with van der Waals surface area (Å²) in [6.07, 6.45) is 13.0. The van der Waals surface area contributed by atoms with Crippen LogP contribution >= 0.6 is 7.14 Å². The molecule has 0 aromatic heterocycles. The largest absolute Gasteiger partial charge is 0.382 e. The summed E-state index contributed by atoms with van der Waals surface area (Å²) in [7, 11) is -2.29. The van der Waals surface area contributed by atoms with E-state index in [4.69, 9.17) is 0 Å². The molecule has 2 nitrogen and oxygen atoms in total. The third-order valence-corrected chi connectivity index (χ3v) is 9.13. The average Bonchev–Trinajstić information content (AvgIpc) is 2.94. The van der Waals surface area contributed by atoms with E-state index < -0.39 is 12.5 Å². The summed E-state index contributed by atoms with van der Waals surface area (Å²) in [5, 5.41) is 9.86. The highest BCUT2D eigenvalue weighted by Gasteiger charge is 2.51. The summed E-state index contributed by atoms with van der Waals surface area (Å²) in [5.41, 5.74) is 0. The van der Waals surface area contributed by atoms with Gasteiger partial charge in [-0.1, -0.05) is 32.6 Å². The van der Waals surface area contributed by atoms with Crippen LogP contribution in [0.3, 0.4) is 0 Å². The van der Waals surface area contributed by atoms with E-state index in [1.807, 2.05) is 0 Å². The summed E-state index contributed by atoms with van der Waals surface area (Å²) in [6.45, 7) is 2.24. The van der Waals surface area contributed by atoms with Crippen molar-refractivity contribution in [2.75, 3.05) is 12.3 Å². The molecular weight excluding hydrogens is 243 g/mol. The molecule has 1 saturated carbocycles. The first-order chi connectivity index (χ1) is 8.60. The molecule has 1 N–H and O–H groups in total. The standard InChI is InChI=1S/C15H29O2P/c1-2-3-4-5-8-14-9-12-18(17,13-14)15(16)10-6-7-11-15/h14,16H,2-13H2,1H3. The molecule has 1 aliphatic carbocycles. The molecule has 2 fully saturated rings. The Morgan fingerprint density at radius 2 is 1.94 bits per heavy atom. The lowest BCUT2D eigenvalue weighted by Crippen LogP contribution is -2.25. The molecule has 2 atom stereocenters. The summed E-state index contributed by atoms with van der Waals surface area (Å²) in [5.74, 6) is 0.636. The predicted octanol–water partition coefficient (Wildman–Crippen LogP) is 4.60. The number of hydrogen-bond acceptors (Lipinski definition) is 2. The Labute approximate surface area is 112 Å². The van der Waals surface area contributed by atoms with E-state index in [9.17, 15) is 9.67 Å². The summed E-state index contributed by atoms with van der Waals surface area (Å²) >= 11 is 0. The van der Waals surface area contributed by atoms with Crippen molar-refractivity contribution in [3.63, 3.8) is 0 Å². The SMILES string of the molecule is CCCCCCC1CCP(=O)(C2(O)CCCC2)C1. The van der Waals surface area contributed by atoms with Crippen LogP contribution in [0.25, 0.3) is 0 Å². The zero-order valence-corrected chi connectivity index (χ0v) is 12.8. The monoisotopic (exact) mass is 272 g/mol. The van der Waals surface area contributed by atoms with Gasteiger partial charge in [0.25, 0.3) is 0 Å². The van der Waals surface area contributed by atoms with E-state index in [0.717, 1.165) is 44.4 Å². The van der Waals surface area contributed by atoms with Gasteiger partial charge >= 0.3 is 0 Å². The van der Waals surface area contributed by atoms with Crippen LogP contribution < -0.4 is 0 Å². The average molecular weight is 272 g/mol. The van der Waals surface area contributed by atoms with Gasteiger partial charge in [0.15, 0.2) is 0 Å². The van der Waals surface area contributed by atoms with Crippen molar-refractivity contribution in [2.24, 2.45) is 5.92 Å². The third kappa shape index (κ3) is 3.02. The highest BCUT2D eigenvalue weighted by molar-refractivity contribution is 7.65. The van der Waals surface area contributed by atoms with Crippen LogP contribution in [-0.2, 0) is 4.57 Å². The molecule has 1 heterocycles. The van der Waals surface area contributed by atoms with Crippen molar-refractivity contribution in [1.82, 2.24) is 0 Å².